The van der Waals surface area contributed by atoms with Crippen LogP contribution in [0, 0.1) is 28.8 Å². The third-order valence-electron chi connectivity index (χ3n) is 4.43. The fourth-order valence-corrected chi connectivity index (χ4v) is 2.87. The normalized spacial score (nSPS) is 10.8. The third-order valence-corrected chi connectivity index (χ3v) is 4.43. The molecule has 0 atom stereocenters. The average Bonchev–Trinajstić information content (AvgIpc) is 3.28. The quantitative estimate of drug-likeness (QED) is 0.490. The number of rotatable bonds is 5. The topological polar surface area (TPSA) is 90.7 Å². The van der Waals surface area contributed by atoms with Crippen LogP contribution in [0.15, 0.2) is 53.7 Å². The summed E-state index contributed by atoms with van der Waals surface area (Å²) in [6.45, 7) is -0.374. The number of hydrogen-bond acceptors (Lipinski definition) is 5. The van der Waals surface area contributed by atoms with Crippen LogP contribution in [0.5, 0.6) is 11.8 Å². The molecule has 0 aliphatic carbocycles. The van der Waals surface area contributed by atoms with Crippen molar-refractivity contribution in [1.82, 2.24) is 23.9 Å². The Hall–Kier alpha value is -4.33. The van der Waals surface area contributed by atoms with Gasteiger partial charge < -0.3 is 9.30 Å². The van der Waals surface area contributed by atoms with Gasteiger partial charge in [-0.05, 0) is 24.3 Å². The fourth-order valence-electron chi connectivity index (χ4n) is 2.87. The molecule has 0 saturated heterocycles. The predicted molar refractivity (Wildman–Crippen MR) is 101 cm³/mol. The molecule has 11 heteroatoms. The van der Waals surface area contributed by atoms with Crippen molar-refractivity contribution in [3.05, 3.63) is 88.1 Å². The van der Waals surface area contributed by atoms with Gasteiger partial charge >= 0.3 is 11.7 Å². The summed E-state index contributed by atoms with van der Waals surface area (Å²) in [4.78, 5) is 16.5. The Balaban J connectivity index is 1.61. The smallest absolute Gasteiger partial charge is 0.350 e. The molecule has 4 aromatic rings. The Kier molecular flexibility index (Phi) is 5.04. The average molecular weight is 426 g/mol. The summed E-state index contributed by atoms with van der Waals surface area (Å²) < 4.78 is 51.0. The van der Waals surface area contributed by atoms with Gasteiger partial charge in [-0.2, -0.15) is 20.0 Å². The Morgan fingerprint density at radius 3 is 2.52 bits per heavy atom. The number of benzene rings is 2. The Morgan fingerprint density at radius 1 is 1.13 bits per heavy atom. The fraction of sp³-hybridized carbons (Fsp3) is 0.100. The number of ether oxygens (including phenoxy) is 1. The van der Waals surface area contributed by atoms with E-state index in [1.807, 2.05) is 6.07 Å². The van der Waals surface area contributed by atoms with Crippen molar-refractivity contribution < 1.29 is 17.9 Å². The number of imidazole rings is 1. The number of nitriles is 1. The number of hydrogen-bond donors (Lipinski definition) is 0. The Bertz CT molecular complexity index is 1360. The number of aromatic nitrogens is 5. The first-order valence-electron chi connectivity index (χ1n) is 8.86. The van der Waals surface area contributed by atoms with E-state index in [1.54, 1.807) is 7.05 Å². The summed E-state index contributed by atoms with van der Waals surface area (Å²) in [5, 5.41) is 12.8. The molecule has 0 radical (unpaired) electrons. The summed E-state index contributed by atoms with van der Waals surface area (Å²) in [7, 11) is 1.58. The van der Waals surface area contributed by atoms with Gasteiger partial charge in [0.2, 0.25) is 0 Å². The van der Waals surface area contributed by atoms with Crippen LogP contribution in [0.1, 0.15) is 11.3 Å². The molecular formula is C20H13F3N6O2. The molecule has 0 spiro atoms. The number of nitrogens with zero attached hydrogens (tertiary/aromatic N) is 6. The molecule has 0 unspecified atom stereocenters. The third kappa shape index (κ3) is 3.78. The maximum atomic E-state index is 14.6. The van der Waals surface area contributed by atoms with Crippen LogP contribution in [-0.2, 0) is 13.6 Å². The van der Waals surface area contributed by atoms with Gasteiger partial charge in [-0.15, -0.1) is 0 Å². The van der Waals surface area contributed by atoms with E-state index >= 15 is 0 Å². The summed E-state index contributed by atoms with van der Waals surface area (Å²) >= 11 is 0. The number of halogens is 3. The molecule has 2 heterocycles. The SMILES string of the molecule is Cn1cc(C#N)nc1Oc1ccc(-n2ncn(Cc3c(F)cccc3F)c2=O)cc1F. The minimum absolute atomic E-state index is 0.0107. The highest BCUT2D eigenvalue weighted by molar-refractivity contribution is 5.39. The predicted octanol–water partition coefficient (Wildman–Crippen LogP) is 2.90. The second kappa shape index (κ2) is 7.83. The van der Waals surface area contributed by atoms with Crippen molar-refractivity contribution in [1.29, 1.82) is 5.26 Å². The lowest BCUT2D eigenvalue weighted by molar-refractivity contribution is 0.397. The van der Waals surface area contributed by atoms with Crippen LogP contribution >= 0.6 is 0 Å². The van der Waals surface area contributed by atoms with Crippen LogP contribution < -0.4 is 10.4 Å². The van der Waals surface area contributed by atoms with Gasteiger partial charge in [-0.25, -0.2) is 18.0 Å². The van der Waals surface area contributed by atoms with Crippen molar-refractivity contribution in [3.8, 4) is 23.5 Å². The molecule has 0 N–H and O–H groups in total. The maximum absolute atomic E-state index is 14.6. The molecule has 2 aromatic heterocycles. The molecule has 0 saturated carbocycles. The first kappa shape index (κ1) is 20.0. The standard InChI is InChI=1S/C20H13F3N6O2/c1-27-9-12(8-24)26-19(27)31-18-6-5-13(7-17(18)23)29-20(30)28(11-25-29)10-14-15(21)3-2-4-16(14)22/h2-7,9,11H,10H2,1H3. The van der Waals surface area contributed by atoms with Gasteiger partial charge in [0.1, 0.15) is 24.0 Å². The Morgan fingerprint density at radius 2 is 1.87 bits per heavy atom. The van der Waals surface area contributed by atoms with Gasteiger partial charge in [0.05, 0.1) is 12.2 Å². The van der Waals surface area contributed by atoms with Crippen molar-refractivity contribution in [2.75, 3.05) is 0 Å². The van der Waals surface area contributed by atoms with Crippen molar-refractivity contribution in [3.63, 3.8) is 0 Å². The summed E-state index contributed by atoms with van der Waals surface area (Å²) in [6, 6.07) is 8.93. The van der Waals surface area contributed by atoms with Crippen LogP contribution in [0.2, 0.25) is 0 Å². The maximum Gasteiger partial charge on any atom is 0.350 e. The minimum Gasteiger partial charge on any atom is -0.422 e. The van der Waals surface area contributed by atoms with E-state index in [9.17, 15) is 18.0 Å². The zero-order valence-electron chi connectivity index (χ0n) is 16.0. The van der Waals surface area contributed by atoms with Gasteiger partial charge in [0.15, 0.2) is 17.3 Å². The molecular weight excluding hydrogens is 413 g/mol. The van der Waals surface area contributed by atoms with Crippen LogP contribution in [0.3, 0.4) is 0 Å². The van der Waals surface area contributed by atoms with Crippen LogP contribution in [0.4, 0.5) is 13.2 Å². The van der Waals surface area contributed by atoms with E-state index < -0.39 is 23.1 Å². The lowest BCUT2D eigenvalue weighted by Gasteiger charge is -2.07. The lowest BCUT2D eigenvalue weighted by Crippen LogP contribution is -2.24. The van der Waals surface area contributed by atoms with Crippen molar-refractivity contribution in [2.45, 2.75) is 6.54 Å². The summed E-state index contributed by atoms with van der Waals surface area (Å²) in [5.41, 5.74) is -0.803. The molecule has 0 fully saturated rings. The van der Waals surface area contributed by atoms with E-state index in [4.69, 9.17) is 10.00 Å². The second-order valence-electron chi connectivity index (χ2n) is 6.50. The highest BCUT2D eigenvalue weighted by Crippen LogP contribution is 2.25. The van der Waals surface area contributed by atoms with E-state index in [1.165, 1.54) is 29.0 Å². The van der Waals surface area contributed by atoms with Gasteiger partial charge in [0.25, 0.3) is 0 Å². The van der Waals surface area contributed by atoms with E-state index in [0.29, 0.717) is 0 Å². The molecule has 4 rings (SSSR count). The van der Waals surface area contributed by atoms with Crippen molar-refractivity contribution >= 4 is 0 Å². The van der Waals surface area contributed by atoms with Crippen molar-refractivity contribution in [2.24, 2.45) is 7.05 Å². The minimum atomic E-state index is -0.805. The molecule has 2 aromatic carbocycles. The first-order valence-corrected chi connectivity index (χ1v) is 8.86. The number of aryl methyl sites for hydroxylation is 1. The van der Waals surface area contributed by atoms with E-state index in [0.717, 1.165) is 33.8 Å². The molecule has 0 aliphatic rings. The van der Waals surface area contributed by atoms with Crippen LogP contribution in [0.25, 0.3) is 5.69 Å². The highest BCUT2D eigenvalue weighted by Gasteiger charge is 2.16. The summed E-state index contributed by atoms with van der Waals surface area (Å²) in [6.07, 6.45) is 2.53. The highest BCUT2D eigenvalue weighted by atomic mass is 19.1. The lowest BCUT2D eigenvalue weighted by atomic mass is 10.2. The first-order chi connectivity index (χ1) is 14.9. The molecule has 0 aliphatic heterocycles. The van der Waals surface area contributed by atoms with Gasteiger partial charge in [0, 0.05) is 24.9 Å². The van der Waals surface area contributed by atoms with Crippen LogP contribution in [-0.4, -0.2) is 23.9 Å². The molecule has 0 bridgehead atoms. The summed E-state index contributed by atoms with van der Waals surface area (Å²) in [5.74, 6) is -2.56. The molecule has 0 amide bonds. The molecule has 31 heavy (non-hydrogen) atoms. The zero-order chi connectivity index (χ0) is 22.1. The second-order valence-corrected chi connectivity index (χ2v) is 6.50. The molecule has 156 valence electrons. The largest absolute Gasteiger partial charge is 0.422 e. The zero-order valence-corrected chi connectivity index (χ0v) is 16.0. The van der Waals surface area contributed by atoms with E-state index in [2.05, 4.69) is 10.1 Å². The molecule has 8 nitrogen and oxygen atoms in total. The monoisotopic (exact) mass is 426 g/mol. The van der Waals surface area contributed by atoms with Gasteiger partial charge in [-0.3, -0.25) is 4.57 Å². The van der Waals surface area contributed by atoms with Gasteiger partial charge in [-0.1, -0.05) is 6.07 Å². The Labute approximate surface area is 173 Å². The van der Waals surface area contributed by atoms with E-state index in [-0.39, 0.29) is 35.2 Å².